The fraction of sp³-hybridized carbons (Fsp3) is 0. The van der Waals surface area contributed by atoms with E-state index in [1.165, 1.54) is 12.3 Å². The minimum Gasteiger partial charge on any atom is -0.320 e. The van der Waals surface area contributed by atoms with E-state index in [-0.39, 0.29) is 22.2 Å². The molecule has 0 radical (unpaired) electrons. The molecule has 0 aliphatic rings. The van der Waals surface area contributed by atoms with E-state index in [1.807, 2.05) is 0 Å². The van der Waals surface area contributed by atoms with Crippen LogP contribution >= 0.6 is 0 Å². The maximum atomic E-state index is 12.4. The lowest BCUT2D eigenvalue weighted by molar-refractivity contribution is 0.102. The minimum atomic E-state index is -0.690. The molecule has 92 valence electrons. The van der Waals surface area contributed by atoms with E-state index in [0.717, 1.165) is 0 Å². The number of hydrogen-bond acceptors (Lipinski definition) is 2. The Bertz CT molecular complexity index is 1050. The molecular weight excluding hydrogens is 236 g/mol. The number of amides is 1. The number of carbonyl (C=O) groups excluding carboxylic acids is 1. The number of pyridine rings is 1. The first-order valence-electron chi connectivity index (χ1n) is 8.97. The molecule has 2 aromatic carbocycles. The van der Waals surface area contributed by atoms with E-state index in [2.05, 4.69) is 10.3 Å². The smallest absolute Gasteiger partial charge is 0.274 e. The summed E-state index contributed by atoms with van der Waals surface area (Å²) in [6, 6.07) is 1.04. The van der Waals surface area contributed by atoms with E-state index in [4.69, 9.17) is 9.60 Å². The van der Waals surface area contributed by atoms with Gasteiger partial charge in [-0.1, -0.05) is 42.3 Å². The molecular formula is C16H12N2O. The van der Waals surface area contributed by atoms with Crippen LogP contribution in [-0.4, -0.2) is 10.9 Å². The maximum absolute atomic E-state index is 12.4. The molecule has 3 nitrogen and oxygen atoms in total. The van der Waals surface area contributed by atoms with Gasteiger partial charge in [0, 0.05) is 17.3 Å². The average Bonchev–Trinajstić information content (AvgIpc) is 2.65. The van der Waals surface area contributed by atoms with Crippen molar-refractivity contribution < 1.29 is 14.4 Å². The average molecular weight is 255 g/mol. The molecule has 1 aromatic heterocycles. The van der Waals surface area contributed by atoms with E-state index in [9.17, 15) is 4.79 Å². The lowest BCUT2D eigenvalue weighted by Gasteiger charge is -2.08. The lowest BCUT2D eigenvalue weighted by atomic mass is 10.1. The topological polar surface area (TPSA) is 42.0 Å². The van der Waals surface area contributed by atoms with Crippen molar-refractivity contribution in [3.63, 3.8) is 0 Å². The fourth-order valence-corrected chi connectivity index (χ4v) is 1.58. The predicted molar refractivity (Wildman–Crippen MR) is 76.1 cm³/mol. The second-order valence-electron chi connectivity index (χ2n) is 3.67. The molecule has 19 heavy (non-hydrogen) atoms. The summed E-state index contributed by atoms with van der Waals surface area (Å²) < 4.78 is 55.6. The van der Waals surface area contributed by atoms with Crippen molar-refractivity contribution in [2.24, 2.45) is 0 Å². The normalized spacial score (nSPS) is 15.5. The Hall–Kier alpha value is -2.68. The van der Waals surface area contributed by atoms with Gasteiger partial charge in [-0.3, -0.25) is 9.78 Å². The highest BCUT2D eigenvalue weighted by Crippen LogP contribution is 2.23. The van der Waals surface area contributed by atoms with Crippen LogP contribution in [0, 0.1) is 0 Å². The van der Waals surface area contributed by atoms with Gasteiger partial charge in [-0.05, 0) is 23.6 Å². The van der Waals surface area contributed by atoms with Crippen molar-refractivity contribution in [3.05, 3.63) is 72.4 Å². The molecule has 0 bridgehead atoms. The first-order valence-corrected chi connectivity index (χ1v) is 5.47. The number of fused-ring (bicyclic) bond motifs is 1. The summed E-state index contributed by atoms with van der Waals surface area (Å²) in [5.41, 5.74) is -0.203. The predicted octanol–water partition coefficient (Wildman–Crippen LogP) is 3.49. The molecule has 1 amide bonds. The van der Waals surface area contributed by atoms with Crippen LogP contribution in [-0.2, 0) is 0 Å². The van der Waals surface area contributed by atoms with E-state index in [1.54, 1.807) is 12.1 Å². The molecule has 3 rings (SSSR count). The quantitative estimate of drug-likeness (QED) is 0.761. The molecule has 3 aromatic rings. The Balaban J connectivity index is 2.33. The number of benzene rings is 2. The van der Waals surface area contributed by atoms with E-state index < -0.39 is 48.2 Å². The summed E-state index contributed by atoms with van der Waals surface area (Å²) >= 11 is 0. The second kappa shape index (κ2) is 4.90. The first kappa shape index (κ1) is 5.97. The standard InChI is InChI=1S/C16H12N2O/c19-16(15-9-3-4-11-17-15)18-14-10-5-7-12-6-1-2-8-13(12)14/h1-11H,(H,18,19)/i1D,2D,5D,6D,7D,8D,10D. The van der Waals surface area contributed by atoms with E-state index in [0.29, 0.717) is 0 Å². The van der Waals surface area contributed by atoms with Gasteiger partial charge in [0.2, 0.25) is 0 Å². The van der Waals surface area contributed by atoms with Gasteiger partial charge >= 0.3 is 0 Å². The van der Waals surface area contributed by atoms with Gasteiger partial charge < -0.3 is 5.32 Å². The van der Waals surface area contributed by atoms with Gasteiger partial charge in [-0.25, -0.2) is 0 Å². The van der Waals surface area contributed by atoms with Gasteiger partial charge in [-0.2, -0.15) is 0 Å². The molecule has 0 saturated heterocycles. The van der Waals surface area contributed by atoms with Crippen LogP contribution < -0.4 is 5.32 Å². The monoisotopic (exact) mass is 255 g/mol. The van der Waals surface area contributed by atoms with Crippen LogP contribution in [0.5, 0.6) is 0 Å². The van der Waals surface area contributed by atoms with Gasteiger partial charge in [-0.15, -0.1) is 0 Å². The Labute approximate surface area is 120 Å². The summed E-state index contributed by atoms with van der Waals surface area (Å²) in [4.78, 5) is 16.3. The van der Waals surface area contributed by atoms with Crippen LogP contribution in [0.4, 0.5) is 5.69 Å². The molecule has 0 aliphatic carbocycles. The largest absolute Gasteiger partial charge is 0.320 e. The van der Waals surface area contributed by atoms with Crippen LogP contribution in [0.15, 0.2) is 66.7 Å². The number of aromatic nitrogens is 1. The van der Waals surface area contributed by atoms with Gasteiger partial charge in [0.15, 0.2) is 0 Å². The summed E-state index contributed by atoms with van der Waals surface area (Å²) in [6.45, 7) is 0. The van der Waals surface area contributed by atoms with Crippen LogP contribution in [0.1, 0.15) is 20.1 Å². The summed E-state index contributed by atoms with van der Waals surface area (Å²) in [7, 11) is 0. The van der Waals surface area contributed by atoms with Crippen LogP contribution in [0.3, 0.4) is 0 Å². The fourth-order valence-electron chi connectivity index (χ4n) is 1.58. The Morgan fingerprint density at radius 1 is 1.11 bits per heavy atom. The lowest BCUT2D eigenvalue weighted by Crippen LogP contribution is -2.13. The molecule has 0 spiro atoms. The van der Waals surface area contributed by atoms with Gasteiger partial charge in [0.05, 0.1) is 9.60 Å². The maximum Gasteiger partial charge on any atom is 0.274 e. The number of nitrogens with one attached hydrogen (secondary N) is 1. The zero-order valence-electron chi connectivity index (χ0n) is 16.7. The highest BCUT2D eigenvalue weighted by atomic mass is 16.1. The van der Waals surface area contributed by atoms with Crippen LogP contribution in [0.25, 0.3) is 10.8 Å². The Morgan fingerprint density at radius 3 is 2.79 bits per heavy atom. The highest BCUT2D eigenvalue weighted by Gasteiger charge is 2.08. The van der Waals surface area contributed by atoms with Crippen molar-refractivity contribution in [2.45, 2.75) is 0 Å². The number of carbonyl (C=O) groups is 1. The zero-order valence-corrected chi connectivity index (χ0v) is 9.66. The van der Waals surface area contributed by atoms with E-state index >= 15 is 0 Å². The Kier molecular flexibility index (Phi) is 1.54. The molecule has 0 atom stereocenters. The first-order chi connectivity index (χ1) is 12.3. The third-order valence-electron chi connectivity index (χ3n) is 2.45. The van der Waals surface area contributed by atoms with Crippen LogP contribution in [0.2, 0.25) is 0 Å². The molecule has 1 heterocycles. The zero-order chi connectivity index (χ0) is 19.2. The molecule has 1 N–H and O–H groups in total. The second-order valence-corrected chi connectivity index (χ2v) is 3.67. The van der Waals surface area contributed by atoms with Crippen molar-refractivity contribution in [3.8, 4) is 0 Å². The highest BCUT2D eigenvalue weighted by molar-refractivity contribution is 6.08. The number of anilines is 1. The summed E-state index contributed by atoms with van der Waals surface area (Å²) in [5, 5.41) is 2.02. The number of rotatable bonds is 2. The molecule has 0 fully saturated rings. The molecule has 0 unspecified atom stereocenters. The minimum absolute atomic E-state index is 0.0439. The van der Waals surface area contributed by atoms with Crippen molar-refractivity contribution in [1.82, 2.24) is 4.98 Å². The number of hydrogen-bond donors (Lipinski definition) is 1. The van der Waals surface area contributed by atoms with Crippen molar-refractivity contribution >= 4 is 22.4 Å². The molecule has 0 aliphatic heterocycles. The molecule has 0 saturated carbocycles. The SMILES string of the molecule is [2H]c1c([2H])c([2H])c2c(NC(=O)c3ccccn3)c([2H])c([2H])c([2H])c2c1[2H]. The molecule has 3 heteroatoms. The van der Waals surface area contributed by atoms with Gasteiger partial charge in [0.1, 0.15) is 5.69 Å². The van der Waals surface area contributed by atoms with Gasteiger partial charge in [0.25, 0.3) is 5.91 Å². The Morgan fingerprint density at radius 2 is 1.95 bits per heavy atom. The van der Waals surface area contributed by atoms with Crippen molar-refractivity contribution in [1.29, 1.82) is 0 Å². The summed E-state index contributed by atoms with van der Waals surface area (Å²) in [5.74, 6) is -0.690. The number of nitrogens with zero attached hydrogens (tertiary/aromatic N) is 1. The van der Waals surface area contributed by atoms with Crippen molar-refractivity contribution in [2.75, 3.05) is 5.32 Å². The third-order valence-corrected chi connectivity index (χ3v) is 2.45. The third kappa shape index (κ3) is 2.31. The summed E-state index contributed by atoms with van der Waals surface area (Å²) in [6.07, 6.45) is 1.41.